The molecule has 1 aliphatic rings. The van der Waals surface area contributed by atoms with Crippen LogP contribution in [0.5, 0.6) is 0 Å². The third kappa shape index (κ3) is 3.73. The summed E-state index contributed by atoms with van der Waals surface area (Å²) in [4.78, 5) is 15.9. The van der Waals surface area contributed by atoms with Gasteiger partial charge in [0.05, 0.1) is 11.4 Å². The van der Waals surface area contributed by atoms with Crippen LogP contribution in [0.2, 0.25) is 0 Å². The van der Waals surface area contributed by atoms with Crippen molar-refractivity contribution in [1.82, 2.24) is 19.9 Å². The molecule has 1 aliphatic carbocycles. The fraction of sp³-hybridized carbons (Fsp3) is 0.526. The number of pyridine rings is 1. The monoisotopic (exact) mass is 325 g/mol. The van der Waals surface area contributed by atoms with Crippen LogP contribution in [0.4, 0.5) is 5.82 Å². The van der Waals surface area contributed by atoms with E-state index in [1.807, 2.05) is 31.2 Å². The Morgan fingerprint density at radius 3 is 2.54 bits per heavy atom. The highest BCUT2D eigenvalue weighted by atomic mass is 15.2. The lowest BCUT2D eigenvalue weighted by Gasteiger charge is -2.43. The molecular formula is C19H27N5. The van der Waals surface area contributed by atoms with Crippen LogP contribution in [0, 0.1) is 6.92 Å². The Labute approximate surface area is 144 Å². The van der Waals surface area contributed by atoms with Gasteiger partial charge in [0.15, 0.2) is 0 Å². The van der Waals surface area contributed by atoms with Crippen molar-refractivity contribution >= 4 is 5.82 Å². The largest absolute Gasteiger partial charge is 0.368 e. The van der Waals surface area contributed by atoms with Crippen LogP contribution >= 0.6 is 0 Å². The molecule has 2 aromatic rings. The van der Waals surface area contributed by atoms with Crippen molar-refractivity contribution in [3.8, 4) is 11.4 Å². The van der Waals surface area contributed by atoms with Crippen LogP contribution in [0.15, 0.2) is 30.5 Å². The molecule has 1 N–H and O–H groups in total. The van der Waals surface area contributed by atoms with E-state index in [4.69, 9.17) is 0 Å². The van der Waals surface area contributed by atoms with Crippen LogP contribution < -0.4 is 5.32 Å². The maximum Gasteiger partial charge on any atom is 0.130 e. The van der Waals surface area contributed by atoms with Gasteiger partial charge >= 0.3 is 0 Å². The SMILES string of the molecule is Cc1nc(NCC2(N(C)C)CCCCC2)cc(-c2ccccn2)n1. The fourth-order valence-corrected chi connectivity index (χ4v) is 3.55. The standard InChI is InChI=1S/C19H27N5/c1-15-22-17(16-9-5-8-12-20-16)13-18(23-15)21-14-19(24(2)3)10-6-4-7-11-19/h5,8-9,12-13H,4,6-7,10-11,14H2,1-3H3,(H,21,22,23). The van der Waals surface area contributed by atoms with Crippen LogP contribution in [0.25, 0.3) is 11.4 Å². The molecule has 0 unspecified atom stereocenters. The number of rotatable bonds is 5. The molecule has 3 rings (SSSR count). The number of likely N-dealkylation sites (N-methyl/N-ethyl adjacent to an activating group) is 1. The quantitative estimate of drug-likeness (QED) is 0.911. The van der Waals surface area contributed by atoms with E-state index >= 15 is 0 Å². The highest BCUT2D eigenvalue weighted by molar-refractivity contribution is 5.58. The van der Waals surface area contributed by atoms with Crippen molar-refractivity contribution in [2.45, 2.75) is 44.6 Å². The van der Waals surface area contributed by atoms with Gasteiger partial charge in [-0.05, 0) is 46.0 Å². The Bertz CT molecular complexity index is 663. The summed E-state index contributed by atoms with van der Waals surface area (Å²) in [6.45, 7) is 2.85. The lowest BCUT2D eigenvalue weighted by molar-refractivity contribution is 0.113. The first-order valence-electron chi connectivity index (χ1n) is 8.77. The smallest absolute Gasteiger partial charge is 0.130 e. The number of aryl methyl sites for hydroxylation is 1. The van der Waals surface area contributed by atoms with E-state index in [9.17, 15) is 0 Å². The number of anilines is 1. The van der Waals surface area contributed by atoms with Crippen molar-refractivity contribution in [1.29, 1.82) is 0 Å². The maximum absolute atomic E-state index is 4.57. The molecule has 0 bridgehead atoms. The first-order valence-corrected chi connectivity index (χ1v) is 8.77. The Kier molecular flexibility index (Phi) is 5.09. The van der Waals surface area contributed by atoms with E-state index < -0.39 is 0 Å². The molecular weight excluding hydrogens is 298 g/mol. The van der Waals surface area contributed by atoms with Gasteiger partial charge in [0.25, 0.3) is 0 Å². The van der Waals surface area contributed by atoms with Crippen molar-refractivity contribution in [3.05, 3.63) is 36.3 Å². The molecule has 0 aromatic carbocycles. The van der Waals surface area contributed by atoms with Crippen LogP contribution in [0.3, 0.4) is 0 Å². The van der Waals surface area contributed by atoms with Crippen LogP contribution in [-0.2, 0) is 0 Å². The number of nitrogens with one attached hydrogen (secondary N) is 1. The molecule has 2 heterocycles. The second-order valence-corrected chi connectivity index (χ2v) is 6.93. The first-order chi connectivity index (χ1) is 11.6. The van der Waals surface area contributed by atoms with Crippen LogP contribution in [-0.4, -0.2) is 46.0 Å². The number of hydrogen-bond acceptors (Lipinski definition) is 5. The summed E-state index contributed by atoms with van der Waals surface area (Å²) in [5, 5.41) is 3.57. The Morgan fingerprint density at radius 2 is 1.88 bits per heavy atom. The van der Waals surface area contributed by atoms with E-state index in [1.165, 1.54) is 32.1 Å². The molecule has 5 heteroatoms. The first kappa shape index (κ1) is 16.8. The van der Waals surface area contributed by atoms with E-state index in [-0.39, 0.29) is 5.54 Å². The van der Waals surface area contributed by atoms with Gasteiger partial charge in [-0.1, -0.05) is 25.3 Å². The second kappa shape index (κ2) is 7.26. The van der Waals surface area contributed by atoms with Crippen molar-refractivity contribution in [3.63, 3.8) is 0 Å². The molecule has 2 aromatic heterocycles. The number of aromatic nitrogens is 3. The summed E-state index contributed by atoms with van der Waals surface area (Å²) >= 11 is 0. The predicted octanol–water partition coefficient (Wildman–Crippen LogP) is 3.52. The highest BCUT2D eigenvalue weighted by Crippen LogP contribution is 2.32. The van der Waals surface area contributed by atoms with Gasteiger partial charge in [0.2, 0.25) is 0 Å². The predicted molar refractivity (Wildman–Crippen MR) is 98.0 cm³/mol. The molecule has 0 amide bonds. The molecule has 0 atom stereocenters. The molecule has 0 aliphatic heterocycles. The maximum atomic E-state index is 4.57. The van der Waals surface area contributed by atoms with Gasteiger partial charge in [-0.15, -0.1) is 0 Å². The van der Waals surface area contributed by atoms with Gasteiger partial charge in [-0.2, -0.15) is 0 Å². The van der Waals surface area contributed by atoms with Gasteiger partial charge < -0.3 is 10.2 Å². The molecule has 0 radical (unpaired) electrons. The fourth-order valence-electron chi connectivity index (χ4n) is 3.55. The molecule has 1 fully saturated rings. The topological polar surface area (TPSA) is 53.9 Å². The van der Waals surface area contributed by atoms with E-state index in [0.29, 0.717) is 0 Å². The zero-order valence-electron chi connectivity index (χ0n) is 14.9. The average molecular weight is 325 g/mol. The summed E-state index contributed by atoms with van der Waals surface area (Å²) in [5.41, 5.74) is 1.97. The lowest BCUT2D eigenvalue weighted by atomic mass is 9.80. The highest BCUT2D eigenvalue weighted by Gasteiger charge is 2.34. The van der Waals surface area contributed by atoms with Crippen molar-refractivity contribution in [2.24, 2.45) is 0 Å². The number of nitrogens with zero attached hydrogens (tertiary/aromatic N) is 4. The van der Waals surface area contributed by atoms with E-state index in [1.54, 1.807) is 6.20 Å². The molecule has 0 spiro atoms. The van der Waals surface area contributed by atoms with Crippen molar-refractivity contribution in [2.75, 3.05) is 26.0 Å². The van der Waals surface area contributed by atoms with Gasteiger partial charge in [0, 0.05) is 24.3 Å². The van der Waals surface area contributed by atoms with Crippen molar-refractivity contribution < 1.29 is 0 Å². The minimum Gasteiger partial charge on any atom is -0.368 e. The average Bonchev–Trinajstić information content (AvgIpc) is 2.61. The van der Waals surface area contributed by atoms with E-state index in [0.717, 1.165) is 29.6 Å². The molecule has 1 saturated carbocycles. The molecule has 0 saturated heterocycles. The Hall–Kier alpha value is -2.01. The minimum atomic E-state index is 0.224. The summed E-state index contributed by atoms with van der Waals surface area (Å²) < 4.78 is 0. The minimum absolute atomic E-state index is 0.224. The summed E-state index contributed by atoms with van der Waals surface area (Å²) in [5.74, 6) is 1.65. The normalized spacial score (nSPS) is 17.0. The van der Waals surface area contributed by atoms with Gasteiger partial charge in [-0.25, -0.2) is 9.97 Å². The third-order valence-electron chi connectivity index (χ3n) is 5.10. The zero-order valence-corrected chi connectivity index (χ0v) is 14.9. The summed E-state index contributed by atoms with van der Waals surface area (Å²) in [7, 11) is 4.38. The summed E-state index contributed by atoms with van der Waals surface area (Å²) in [6, 6.07) is 7.88. The zero-order chi connectivity index (χ0) is 17.0. The van der Waals surface area contributed by atoms with Gasteiger partial charge in [-0.3, -0.25) is 4.98 Å². The molecule has 5 nitrogen and oxygen atoms in total. The van der Waals surface area contributed by atoms with Gasteiger partial charge in [0.1, 0.15) is 11.6 Å². The lowest BCUT2D eigenvalue weighted by Crippen LogP contribution is -2.51. The molecule has 128 valence electrons. The second-order valence-electron chi connectivity index (χ2n) is 6.93. The number of hydrogen-bond donors (Lipinski definition) is 1. The third-order valence-corrected chi connectivity index (χ3v) is 5.10. The molecule has 24 heavy (non-hydrogen) atoms. The summed E-state index contributed by atoms with van der Waals surface area (Å²) in [6.07, 6.45) is 8.24. The van der Waals surface area contributed by atoms with Crippen LogP contribution in [0.1, 0.15) is 37.9 Å². The van der Waals surface area contributed by atoms with E-state index in [2.05, 4.69) is 39.3 Å². The Balaban J connectivity index is 1.79. The Morgan fingerprint density at radius 1 is 1.08 bits per heavy atom.